The fraction of sp³-hybridized carbons (Fsp3) is 0.469. The molecule has 2 aromatic heterocycles. The first kappa shape index (κ1) is 33.8. The molecule has 5 N–H and O–H groups in total. The number of carbonyl (C=O) groups is 3. The molecule has 1 aliphatic heterocycles. The number of amides is 2. The highest BCUT2D eigenvalue weighted by atomic mass is 19.1. The van der Waals surface area contributed by atoms with Crippen LogP contribution in [0, 0.1) is 18.7 Å². The maximum Gasteiger partial charge on any atom is 0.257 e. The first-order chi connectivity index (χ1) is 21.5. The van der Waals surface area contributed by atoms with Gasteiger partial charge in [0.1, 0.15) is 18.7 Å². The van der Waals surface area contributed by atoms with E-state index in [1.54, 1.807) is 13.0 Å². The summed E-state index contributed by atoms with van der Waals surface area (Å²) >= 11 is 0. The van der Waals surface area contributed by atoms with Gasteiger partial charge in [-0.05, 0) is 55.4 Å². The van der Waals surface area contributed by atoms with Crippen molar-refractivity contribution in [2.45, 2.75) is 65.3 Å². The first-order valence-electron chi connectivity index (χ1n) is 14.9. The zero-order chi connectivity index (χ0) is 32.8. The number of aliphatic hydroxyl groups excluding tert-OH is 1. The normalized spacial score (nSPS) is 13.4. The number of aromatic nitrogens is 2. The van der Waals surface area contributed by atoms with Crippen LogP contribution < -0.4 is 21.9 Å². The summed E-state index contributed by atoms with van der Waals surface area (Å²) in [7, 11) is 1.43. The summed E-state index contributed by atoms with van der Waals surface area (Å²) < 4.78 is 27.2. The molecule has 0 saturated heterocycles. The van der Waals surface area contributed by atoms with Gasteiger partial charge in [-0.15, -0.1) is 0 Å². The third kappa shape index (κ3) is 7.44. The topological polar surface area (TPSA) is 175 Å². The lowest BCUT2D eigenvalue weighted by atomic mass is 9.95. The monoisotopic (exact) mass is 625 g/mol. The maximum atomic E-state index is 15.0. The quantitative estimate of drug-likeness (QED) is 0.0872. The van der Waals surface area contributed by atoms with Crippen LogP contribution in [0.3, 0.4) is 0 Å². The molecule has 2 atom stereocenters. The van der Waals surface area contributed by atoms with Crippen LogP contribution in [0.5, 0.6) is 0 Å². The number of unbranched alkanes of at least 4 members (excludes halogenated alkanes) is 1. The molecule has 2 unspecified atom stereocenters. The predicted molar refractivity (Wildman–Crippen MR) is 165 cm³/mol. The highest BCUT2D eigenvalue weighted by Gasteiger charge is 2.28. The van der Waals surface area contributed by atoms with Crippen LogP contribution in [0.1, 0.15) is 60.6 Å². The average molecular weight is 626 g/mol. The Morgan fingerprint density at radius 2 is 1.96 bits per heavy atom. The Kier molecular flexibility index (Phi) is 11.2. The van der Waals surface area contributed by atoms with E-state index in [1.165, 1.54) is 17.7 Å². The fourth-order valence-corrected chi connectivity index (χ4v) is 5.38. The lowest BCUT2D eigenvalue weighted by molar-refractivity contribution is -0.128. The summed E-state index contributed by atoms with van der Waals surface area (Å²) in [6.45, 7) is 5.69. The van der Waals surface area contributed by atoms with Crippen molar-refractivity contribution < 1.29 is 33.4 Å². The third-order valence-electron chi connectivity index (χ3n) is 8.05. The number of methoxy groups -OCH3 is 1. The zero-order valence-electron chi connectivity index (χ0n) is 25.9. The SMILES string of the molecule is COCc1c(C(O)C=O)cc2n(c1=O)Cc1cc3c(CCCCOCNC(=O)CNC(=O)C(N)C(C)C)c(C)c(F)cc3nc1-2. The smallest absolute Gasteiger partial charge is 0.257 e. The van der Waals surface area contributed by atoms with Gasteiger partial charge in [0.05, 0.1) is 42.6 Å². The predicted octanol–water partition coefficient (Wildman–Crippen LogP) is 1.76. The Morgan fingerprint density at radius 1 is 1.20 bits per heavy atom. The van der Waals surface area contributed by atoms with Crippen LogP contribution in [0.15, 0.2) is 23.0 Å². The Labute approximate surface area is 260 Å². The molecule has 45 heavy (non-hydrogen) atoms. The highest BCUT2D eigenvalue weighted by Crippen LogP contribution is 2.36. The van der Waals surface area contributed by atoms with Crippen LogP contribution in [0.25, 0.3) is 22.3 Å². The summed E-state index contributed by atoms with van der Waals surface area (Å²) in [6, 6.07) is 4.19. The van der Waals surface area contributed by atoms with Crippen LogP contribution in [-0.2, 0) is 43.4 Å². The Morgan fingerprint density at radius 3 is 2.64 bits per heavy atom. The van der Waals surface area contributed by atoms with E-state index in [9.17, 15) is 24.3 Å². The highest BCUT2D eigenvalue weighted by molar-refractivity contribution is 5.88. The molecule has 3 aromatic rings. The molecule has 4 rings (SSSR count). The molecule has 242 valence electrons. The van der Waals surface area contributed by atoms with E-state index < -0.39 is 23.9 Å². The molecule has 2 amide bonds. The zero-order valence-corrected chi connectivity index (χ0v) is 25.9. The van der Waals surface area contributed by atoms with Crippen molar-refractivity contribution in [3.05, 3.63) is 62.2 Å². The van der Waals surface area contributed by atoms with Gasteiger partial charge in [-0.25, -0.2) is 9.37 Å². The number of nitrogens with two attached hydrogens (primary N) is 1. The summed E-state index contributed by atoms with van der Waals surface area (Å²) in [5, 5.41) is 16.1. The van der Waals surface area contributed by atoms with Gasteiger partial charge in [-0.3, -0.25) is 14.4 Å². The Balaban J connectivity index is 1.41. The van der Waals surface area contributed by atoms with Gasteiger partial charge in [0.2, 0.25) is 11.8 Å². The minimum atomic E-state index is -1.49. The molecule has 0 spiro atoms. The van der Waals surface area contributed by atoms with Crippen molar-refractivity contribution in [3.8, 4) is 11.4 Å². The van der Waals surface area contributed by atoms with Gasteiger partial charge >= 0.3 is 0 Å². The number of rotatable bonds is 15. The van der Waals surface area contributed by atoms with Crippen molar-refractivity contribution in [3.63, 3.8) is 0 Å². The molecule has 3 heterocycles. The van der Waals surface area contributed by atoms with Gasteiger partial charge in [0.25, 0.3) is 5.56 Å². The number of hydrogen-bond acceptors (Lipinski definition) is 9. The van der Waals surface area contributed by atoms with Crippen LogP contribution in [0.2, 0.25) is 0 Å². The fourth-order valence-electron chi connectivity index (χ4n) is 5.38. The number of fused-ring (bicyclic) bond motifs is 4. The van der Waals surface area contributed by atoms with Crippen molar-refractivity contribution in [1.29, 1.82) is 0 Å². The van der Waals surface area contributed by atoms with E-state index in [2.05, 4.69) is 10.6 Å². The van der Waals surface area contributed by atoms with Gasteiger partial charge < -0.3 is 40.3 Å². The van der Waals surface area contributed by atoms with E-state index in [1.807, 2.05) is 19.9 Å². The number of nitrogens with zero attached hydrogens (tertiary/aromatic N) is 2. The standard InChI is InChI=1S/C32H40FN5O7/c1-17(2)29(34)31(42)35-12-28(41)36-16-45-8-6-5-7-20-18(3)24(33)11-25-21(20)9-19-13-38-26(30(19)37-25)10-22(27(40)14-39)23(15-44-4)32(38)43/h9-11,14,17,27,29,40H,5-8,12-13,15-16,34H2,1-4H3,(H,35,42)(H,36,41). The number of nitrogens with one attached hydrogen (secondary N) is 2. The second-order valence-electron chi connectivity index (χ2n) is 11.5. The molecule has 0 radical (unpaired) electrons. The molecule has 13 heteroatoms. The number of benzene rings is 1. The van der Waals surface area contributed by atoms with E-state index in [-0.39, 0.29) is 54.9 Å². The molecule has 1 aliphatic rings. The third-order valence-corrected chi connectivity index (χ3v) is 8.05. The molecule has 12 nitrogen and oxygen atoms in total. The Bertz CT molecular complexity index is 1660. The van der Waals surface area contributed by atoms with Gasteiger partial charge in [0.15, 0.2) is 6.29 Å². The molecular formula is C32H40FN5O7. The second-order valence-corrected chi connectivity index (χ2v) is 11.5. The summed E-state index contributed by atoms with van der Waals surface area (Å²) in [5.74, 6) is -1.22. The van der Waals surface area contributed by atoms with Crippen molar-refractivity contribution in [2.24, 2.45) is 11.7 Å². The van der Waals surface area contributed by atoms with Gasteiger partial charge in [-0.1, -0.05) is 13.8 Å². The summed E-state index contributed by atoms with van der Waals surface area (Å²) in [6.07, 6.45) is 0.746. The number of carbonyl (C=O) groups excluding carboxylic acids is 3. The molecule has 0 aliphatic carbocycles. The van der Waals surface area contributed by atoms with Crippen LogP contribution in [-0.4, -0.2) is 65.8 Å². The lowest BCUT2D eigenvalue weighted by Gasteiger charge is -2.15. The minimum Gasteiger partial charge on any atom is -0.381 e. The number of aliphatic hydroxyl groups is 1. The number of hydrogen-bond donors (Lipinski definition) is 4. The first-order valence-corrected chi connectivity index (χ1v) is 14.9. The molecular weight excluding hydrogens is 585 g/mol. The van der Waals surface area contributed by atoms with E-state index in [0.717, 1.165) is 16.5 Å². The van der Waals surface area contributed by atoms with Gasteiger partial charge in [-0.2, -0.15) is 0 Å². The number of pyridine rings is 2. The molecule has 0 saturated carbocycles. The van der Waals surface area contributed by atoms with Crippen molar-refractivity contribution >= 4 is 29.0 Å². The number of halogens is 1. The lowest BCUT2D eigenvalue weighted by Crippen LogP contribution is -2.47. The number of aryl methyl sites for hydroxylation is 1. The average Bonchev–Trinajstić information content (AvgIpc) is 3.38. The largest absolute Gasteiger partial charge is 0.381 e. The number of aldehydes is 1. The van der Waals surface area contributed by atoms with Crippen LogP contribution in [0.4, 0.5) is 4.39 Å². The Hall–Kier alpha value is -4.04. The van der Waals surface area contributed by atoms with Crippen molar-refractivity contribution in [2.75, 3.05) is 27.0 Å². The van der Waals surface area contributed by atoms with Gasteiger partial charge in [0, 0.05) is 41.9 Å². The summed E-state index contributed by atoms with van der Waals surface area (Å²) in [4.78, 5) is 53.3. The van der Waals surface area contributed by atoms with E-state index in [0.29, 0.717) is 54.6 Å². The molecule has 0 fully saturated rings. The van der Waals surface area contributed by atoms with Crippen molar-refractivity contribution in [1.82, 2.24) is 20.2 Å². The molecule has 1 aromatic carbocycles. The molecule has 0 bridgehead atoms. The minimum absolute atomic E-state index is 0.0134. The van der Waals surface area contributed by atoms with E-state index in [4.69, 9.17) is 20.2 Å². The number of ether oxygens (including phenoxy) is 2. The maximum absolute atomic E-state index is 15.0. The van der Waals surface area contributed by atoms with Crippen LogP contribution >= 0.6 is 0 Å². The summed E-state index contributed by atoms with van der Waals surface area (Å²) in [5.41, 5.74) is 9.21. The van der Waals surface area contributed by atoms with E-state index >= 15 is 4.39 Å². The second kappa shape index (κ2) is 14.8.